The Morgan fingerprint density at radius 2 is 2.00 bits per heavy atom. The SMILES string of the molecule is O=C(CO[P+](=O)O)C1CCCCC1. The van der Waals surface area contributed by atoms with Gasteiger partial charge in [-0.2, -0.15) is 0 Å². The third kappa shape index (κ3) is 3.94. The van der Waals surface area contributed by atoms with Gasteiger partial charge in [0.05, 0.1) is 0 Å². The minimum Gasteiger partial charge on any atom is -0.297 e. The summed E-state index contributed by atoms with van der Waals surface area (Å²) in [5.74, 6) is 0.0285. The molecule has 1 atom stereocenters. The quantitative estimate of drug-likeness (QED) is 0.711. The van der Waals surface area contributed by atoms with E-state index in [0.29, 0.717) is 0 Å². The standard InChI is InChI=1S/C8H13O4P/c9-8(6-12-13(10)11)7-4-2-1-3-5-7/h7H,1-6H2/p+1. The van der Waals surface area contributed by atoms with Crippen molar-refractivity contribution in [2.75, 3.05) is 6.61 Å². The van der Waals surface area contributed by atoms with Gasteiger partial charge in [-0.05, 0) is 12.8 Å². The molecule has 1 N–H and O–H groups in total. The molecule has 1 aliphatic carbocycles. The maximum absolute atomic E-state index is 11.3. The van der Waals surface area contributed by atoms with Crippen LogP contribution in [0.15, 0.2) is 0 Å². The van der Waals surface area contributed by atoms with Gasteiger partial charge >= 0.3 is 8.25 Å². The van der Waals surface area contributed by atoms with Crippen molar-refractivity contribution in [2.45, 2.75) is 32.1 Å². The van der Waals surface area contributed by atoms with Gasteiger partial charge < -0.3 is 0 Å². The van der Waals surface area contributed by atoms with E-state index in [-0.39, 0.29) is 18.3 Å². The monoisotopic (exact) mass is 205 g/mol. The molecule has 0 aromatic heterocycles. The third-order valence-corrected chi connectivity index (χ3v) is 2.73. The number of rotatable bonds is 4. The molecule has 0 heterocycles. The van der Waals surface area contributed by atoms with E-state index < -0.39 is 8.25 Å². The normalized spacial score (nSPS) is 19.9. The van der Waals surface area contributed by atoms with E-state index in [0.717, 1.165) is 25.7 Å². The first-order chi connectivity index (χ1) is 6.20. The highest BCUT2D eigenvalue weighted by Crippen LogP contribution is 2.25. The number of hydrogen-bond acceptors (Lipinski definition) is 3. The summed E-state index contributed by atoms with van der Waals surface area (Å²) >= 11 is 0. The van der Waals surface area contributed by atoms with Crippen LogP contribution in [0.4, 0.5) is 0 Å². The van der Waals surface area contributed by atoms with E-state index in [2.05, 4.69) is 4.52 Å². The maximum Gasteiger partial charge on any atom is 0.695 e. The molecule has 0 aromatic rings. The van der Waals surface area contributed by atoms with E-state index in [9.17, 15) is 9.36 Å². The zero-order valence-corrected chi connectivity index (χ0v) is 8.33. The van der Waals surface area contributed by atoms with Crippen LogP contribution >= 0.6 is 8.25 Å². The number of ketones is 1. The molecular formula is C8H14O4P+. The van der Waals surface area contributed by atoms with Crippen LogP contribution < -0.4 is 0 Å². The Balaban J connectivity index is 2.25. The summed E-state index contributed by atoms with van der Waals surface area (Å²) in [5.41, 5.74) is 0. The zero-order valence-electron chi connectivity index (χ0n) is 7.44. The van der Waals surface area contributed by atoms with E-state index in [1.165, 1.54) is 6.42 Å². The Kier molecular flexibility index (Phi) is 4.50. The Morgan fingerprint density at radius 1 is 1.38 bits per heavy atom. The molecule has 5 heteroatoms. The predicted molar refractivity (Wildman–Crippen MR) is 47.4 cm³/mol. The summed E-state index contributed by atoms with van der Waals surface area (Å²) < 4.78 is 14.5. The van der Waals surface area contributed by atoms with Crippen LogP contribution in [0.5, 0.6) is 0 Å². The zero-order chi connectivity index (χ0) is 9.68. The fourth-order valence-corrected chi connectivity index (χ4v) is 1.90. The molecule has 1 rings (SSSR count). The van der Waals surface area contributed by atoms with Crippen molar-refractivity contribution in [3.05, 3.63) is 0 Å². The number of carbonyl (C=O) groups is 1. The summed E-state index contributed by atoms with van der Waals surface area (Å²) in [6, 6.07) is 0. The molecule has 0 saturated heterocycles. The van der Waals surface area contributed by atoms with Gasteiger partial charge in [0.1, 0.15) is 0 Å². The molecule has 0 aliphatic heterocycles. The van der Waals surface area contributed by atoms with E-state index >= 15 is 0 Å². The smallest absolute Gasteiger partial charge is 0.297 e. The molecule has 74 valence electrons. The fraction of sp³-hybridized carbons (Fsp3) is 0.875. The Bertz CT molecular complexity index is 198. The second kappa shape index (κ2) is 5.43. The van der Waals surface area contributed by atoms with Crippen LogP contribution in [-0.4, -0.2) is 17.3 Å². The fourth-order valence-electron chi connectivity index (χ4n) is 1.66. The van der Waals surface area contributed by atoms with Crippen molar-refractivity contribution in [1.29, 1.82) is 0 Å². The van der Waals surface area contributed by atoms with Crippen molar-refractivity contribution in [3.8, 4) is 0 Å². The molecule has 0 radical (unpaired) electrons. The van der Waals surface area contributed by atoms with Gasteiger partial charge in [0.2, 0.25) is 0 Å². The molecule has 0 spiro atoms. The summed E-state index contributed by atoms with van der Waals surface area (Å²) in [7, 11) is -2.62. The maximum atomic E-state index is 11.3. The molecule has 13 heavy (non-hydrogen) atoms. The summed E-state index contributed by atoms with van der Waals surface area (Å²) in [5, 5.41) is 0. The second-order valence-corrected chi connectivity index (χ2v) is 4.05. The van der Waals surface area contributed by atoms with E-state index in [1.54, 1.807) is 0 Å². The second-order valence-electron chi connectivity index (χ2n) is 3.31. The minimum absolute atomic E-state index is 0.0305. The average Bonchev–Trinajstić information content (AvgIpc) is 2.15. The van der Waals surface area contributed by atoms with Crippen molar-refractivity contribution in [3.63, 3.8) is 0 Å². The Hall–Kier alpha value is -0.310. The lowest BCUT2D eigenvalue weighted by Crippen LogP contribution is -2.21. The van der Waals surface area contributed by atoms with E-state index in [4.69, 9.17) is 4.89 Å². The first-order valence-electron chi connectivity index (χ1n) is 4.52. The van der Waals surface area contributed by atoms with Gasteiger partial charge in [0.25, 0.3) is 0 Å². The van der Waals surface area contributed by atoms with Crippen LogP contribution in [0.2, 0.25) is 0 Å². The molecular weight excluding hydrogens is 191 g/mol. The van der Waals surface area contributed by atoms with E-state index in [1.807, 2.05) is 0 Å². The lowest BCUT2D eigenvalue weighted by Gasteiger charge is -2.18. The van der Waals surface area contributed by atoms with Gasteiger partial charge in [-0.3, -0.25) is 4.79 Å². The topological polar surface area (TPSA) is 63.6 Å². The van der Waals surface area contributed by atoms with Crippen molar-refractivity contribution < 1.29 is 18.8 Å². The van der Waals surface area contributed by atoms with Gasteiger partial charge in [0.15, 0.2) is 12.4 Å². The highest BCUT2D eigenvalue weighted by molar-refractivity contribution is 7.32. The van der Waals surface area contributed by atoms with Crippen LogP contribution in [-0.2, 0) is 13.9 Å². The number of carbonyl (C=O) groups excluding carboxylic acids is 1. The molecule has 1 aliphatic rings. The third-order valence-electron chi connectivity index (χ3n) is 2.38. The highest BCUT2D eigenvalue weighted by atomic mass is 31.1. The molecule has 0 aromatic carbocycles. The van der Waals surface area contributed by atoms with Gasteiger partial charge in [-0.15, -0.1) is 9.42 Å². The summed E-state index contributed by atoms with van der Waals surface area (Å²) in [4.78, 5) is 19.7. The Morgan fingerprint density at radius 3 is 2.54 bits per heavy atom. The van der Waals surface area contributed by atoms with Crippen molar-refractivity contribution in [2.24, 2.45) is 5.92 Å². The van der Waals surface area contributed by atoms with Crippen molar-refractivity contribution in [1.82, 2.24) is 0 Å². The van der Waals surface area contributed by atoms with Crippen LogP contribution in [0.25, 0.3) is 0 Å². The number of Topliss-reactive ketones (excluding diaryl/α,β-unsaturated/α-hetero) is 1. The molecule has 0 amide bonds. The first kappa shape index (κ1) is 10.8. The van der Waals surface area contributed by atoms with Gasteiger partial charge in [-0.1, -0.05) is 19.3 Å². The molecule has 4 nitrogen and oxygen atoms in total. The first-order valence-corrected chi connectivity index (χ1v) is 5.65. The molecule has 1 saturated carbocycles. The highest BCUT2D eigenvalue weighted by Gasteiger charge is 2.24. The Labute approximate surface area is 78.2 Å². The van der Waals surface area contributed by atoms with Gasteiger partial charge in [0, 0.05) is 10.5 Å². The van der Waals surface area contributed by atoms with Crippen molar-refractivity contribution >= 4 is 14.0 Å². The molecule has 1 unspecified atom stereocenters. The molecule has 0 bridgehead atoms. The lowest BCUT2D eigenvalue weighted by atomic mass is 9.86. The van der Waals surface area contributed by atoms with Crippen LogP contribution in [0, 0.1) is 5.92 Å². The largest absolute Gasteiger partial charge is 0.695 e. The van der Waals surface area contributed by atoms with Crippen LogP contribution in [0.3, 0.4) is 0 Å². The predicted octanol–water partition coefficient (Wildman–Crippen LogP) is 1.80. The minimum atomic E-state index is -2.62. The number of hydrogen-bond donors (Lipinski definition) is 1. The average molecular weight is 205 g/mol. The summed E-state index contributed by atoms with van der Waals surface area (Å²) in [6.07, 6.45) is 5.18. The van der Waals surface area contributed by atoms with Crippen LogP contribution in [0.1, 0.15) is 32.1 Å². The molecule has 1 fully saturated rings. The lowest BCUT2D eigenvalue weighted by molar-refractivity contribution is -0.125. The summed E-state index contributed by atoms with van der Waals surface area (Å²) in [6.45, 7) is -0.212. The van der Waals surface area contributed by atoms with Gasteiger partial charge in [-0.25, -0.2) is 0 Å².